The quantitative estimate of drug-likeness (QED) is 0.614. The summed E-state index contributed by atoms with van der Waals surface area (Å²) in [5.74, 6) is 0.474. The number of rotatable bonds is 4. The average molecular weight is 157 g/mol. The van der Waals surface area contributed by atoms with Crippen LogP contribution in [0.3, 0.4) is 0 Å². The van der Waals surface area contributed by atoms with Gasteiger partial charge in [-0.15, -0.1) is 23.2 Å². The van der Waals surface area contributed by atoms with Gasteiger partial charge in [0.15, 0.2) is 0 Å². The van der Waals surface area contributed by atoms with E-state index in [0.29, 0.717) is 5.88 Å². The third-order valence-electron chi connectivity index (χ3n) is 0.843. The summed E-state index contributed by atoms with van der Waals surface area (Å²) in [6, 6.07) is 0. The average Bonchev–Trinajstić information content (AvgIpc) is 1.83. The molecule has 1 nitrogen and oxygen atoms in total. The lowest BCUT2D eigenvalue weighted by Crippen LogP contribution is -2.00. The number of aliphatic hydroxyl groups is 1. The molecule has 0 amide bonds. The molecule has 1 atom stereocenters. The van der Waals surface area contributed by atoms with E-state index in [0.717, 1.165) is 12.8 Å². The number of hydrogen-bond acceptors (Lipinski definition) is 1. The second-order valence-electron chi connectivity index (χ2n) is 1.62. The zero-order chi connectivity index (χ0) is 6.41. The zero-order valence-electron chi connectivity index (χ0n) is 4.61. The van der Waals surface area contributed by atoms with Crippen LogP contribution in [0.4, 0.5) is 0 Å². The molecule has 1 N–H and O–H groups in total. The van der Waals surface area contributed by atoms with Gasteiger partial charge in [-0.05, 0) is 12.8 Å². The van der Waals surface area contributed by atoms with Crippen molar-refractivity contribution in [1.82, 2.24) is 0 Å². The Hall–Kier alpha value is 0.540. The van der Waals surface area contributed by atoms with E-state index in [4.69, 9.17) is 28.3 Å². The van der Waals surface area contributed by atoms with Gasteiger partial charge in [-0.1, -0.05) is 0 Å². The summed E-state index contributed by atoms with van der Waals surface area (Å²) in [7, 11) is 0. The first-order valence-electron chi connectivity index (χ1n) is 2.62. The Morgan fingerprint density at radius 3 is 2.50 bits per heavy atom. The summed E-state index contributed by atoms with van der Waals surface area (Å²) in [5, 5.41) is 8.34. The molecule has 0 aliphatic carbocycles. The molecule has 1 unspecified atom stereocenters. The lowest BCUT2D eigenvalue weighted by molar-refractivity contribution is 0.284. The molecule has 0 radical (unpaired) electrons. The van der Waals surface area contributed by atoms with Crippen LogP contribution >= 0.6 is 23.2 Å². The molecule has 3 heteroatoms. The van der Waals surface area contributed by atoms with Gasteiger partial charge < -0.3 is 5.11 Å². The Bertz CT molecular complexity index is 49.7. The van der Waals surface area contributed by atoms with Gasteiger partial charge in [-0.2, -0.15) is 0 Å². The van der Waals surface area contributed by atoms with Crippen molar-refractivity contribution in [3.05, 3.63) is 0 Å². The van der Waals surface area contributed by atoms with E-state index >= 15 is 0 Å². The molecule has 0 aliphatic heterocycles. The van der Waals surface area contributed by atoms with E-state index in [1.165, 1.54) is 0 Å². The smallest absolute Gasteiger partial charge is 0.0472 e. The molecular formula is C5H10Cl2O. The Labute approximate surface area is 59.6 Å². The molecule has 0 heterocycles. The number of aliphatic hydroxyl groups excluding tert-OH is 1. The van der Waals surface area contributed by atoms with Crippen molar-refractivity contribution in [2.24, 2.45) is 0 Å². The summed E-state index contributed by atoms with van der Waals surface area (Å²) in [6.07, 6.45) is 1.56. The third-order valence-corrected chi connectivity index (χ3v) is 1.75. The van der Waals surface area contributed by atoms with Gasteiger partial charge in [0.1, 0.15) is 0 Å². The highest BCUT2D eigenvalue weighted by molar-refractivity contribution is 6.28. The second-order valence-corrected chi connectivity index (χ2v) is 2.54. The molecular weight excluding hydrogens is 147 g/mol. The van der Waals surface area contributed by atoms with E-state index in [-0.39, 0.29) is 12.0 Å². The first-order valence-corrected chi connectivity index (χ1v) is 3.59. The van der Waals surface area contributed by atoms with Gasteiger partial charge in [-0.25, -0.2) is 0 Å². The Morgan fingerprint density at radius 2 is 2.12 bits per heavy atom. The fourth-order valence-corrected chi connectivity index (χ4v) is 0.699. The van der Waals surface area contributed by atoms with Gasteiger partial charge in [0.05, 0.1) is 0 Å². The van der Waals surface area contributed by atoms with Crippen molar-refractivity contribution in [2.75, 3.05) is 12.5 Å². The minimum atomic E-state index is 0.0313. The summed E-state index contributed by atoms with van der Waals surface area (Å²) in [5.41, 5.74) is 0. The van der Waals surface area contributed by atoms with Gasteiger partial charge in [0.2, 0.25) is 0 Å². The number of alkyl halides is 2. The monoisotopic (exact) mass is 156 g/mol. The van der Waals surface area contributed by atoms with Gasteiger partial charge in [0.25, 0.3) is 0 Å². The largest absolute Gasteiger partial charge is 0.396 e. The molecule has 0 aromatic heterocycles. The lowest BCUT2D eigenvalue weighted by Gasteiger charge is -2.00. The molecule has 0 spiro atoms. The van der Waals surface area contributed by atoms with Crippen molar-refractivity contribution in [3.63, 3.8) is 0 Å². The minimum absolute atomic E-state index is 0.0313. The minimum Gasteiger partial charge on any atom is -0.396 e. The zero-order valence-corrected chi connectivity index (χ0v) is 6.12. The highest BCUT2D eigenvalue weighted by Gasteiger charge is 1.99. The summed E-state index contributed by atoms with van der Waals surface area (Å²) in [6.45, 7) is 0.208. The molecule has 0 fully saturated rings. The fourth-order valence-electron chi connectivity index (χ4n) is 0.390. The molecule has 8 heavy (non-hydrogen) atoms. The topological polar surface area (TPSA) is 20.2 Å². The first kappa shape index (κ1) is 8.54. The van der Waals surface area contributed by atoms with Crippen LogP contribution in [0.2, 0.25) is 0 Å². The maximum absolute atomic E-state index is 8.31. The van der Waals surface area contributed by atoms with Crippen LogP contribution < -0.4 is 0 Å². The second kappa shape index (κ2) is 5.67. The summed E-state index contributed by atoms with van der Waals surface area (Å²) >= 11 is 11.0. The molecule has 50 valence electrons. The van der Waals surface area contributed by atoms with E-state index in [1.807, 2.05) is 0 Å². The van der Waals surface area contributed by atoms with Crippen LogP contribution in [0.5, 0.6) is 0 Å². The van der Waals surface area contributed by atoms with Crippen LogP contribution in [-0.2, 0) is 0 Å². The molecule has 0 bridgehead atoms. The van der Waals surface area contributed by atoms with Crippen LogP contribution in [-0.4, -0.2) is 23.0 Å². The molecule has 0 rings (SSSR count). The maximum Gasteiger partial charge on any atom is 0.0472 e. The normalized spacial score (nSPS) is 13.9. The number of halogens is 2. The van der Waals surface area contributed by atoms with Gasteiger partial charge in [0, 0.05) is 17.9 Å². The van der Waals surface area contributed by atoms with E-state index in [9.17, 15) is 0 Å². The van der Waals surface area contributed by atoms with Crippen molar-refractivity contribution in [3.8, 4) is 0 Å². The third kappa shape index (κ3) is 4.69. The van der Waals surface area contributed by atoms with Crippen molar-refractivity contribution in [1.29, 1.82) is 0 Å². The van der Waals surface area contributed by atoms with E-state index in [1.54, 1.807) is 0 Å². The predicted octanol–water partition coefficient (Wildman–Crippen LogP) is 1.61. The lowest BCUT2D eigenvalue weighted by atomic mass is 10.3. The molecule has 0 aromatic rings. The summed E-state index contributed by atoms with van der Waals surface area (Å²) in [4.78, 5) is 0. The molecule has 0 aliphatic rings. The van der Waals surface area contributed by atoms with Crippen molar-refractivity contribution >= 4 is 23.2 Å². The van der Waals surface area contributed by atoms with Crippen molar-refractivity contribution in [2.45, 2.75) is 18.2 Å². The highest BCUT2D eigenvalue weighted by atomic mass is 35.5. The standard InChI is InChI=1S/C5H10Cl2O/c6-4-5(7)2-1-3-8/h5,8H,1-4H2. The summed E-state index contributed by atoms with van der Waals surface area (Å²) < 4.78 is 0. The molecule has 0 saturated heterocycles. The SMILES string of the molecule is OCCCC(Cl)CCl. The van der Waals surface area contributed by atoms with Crippen LogP contribution in [0.15, 0.2) is 0 Å². The molecule has 0 aromatic carbocycles. The predicted molar refractivity (Wildman–Crippen MR) is 36.7 cm³/mol. The van der Waals surface area contributed by atoms with Crippen LogP contribution in [0.25, 0.3) is 0 Å². The maximum atomic E-state index is 8.31. The van der Waals surface area contributed by atoms with Crippen LogP contribution in [0, 0.1) is 0 Å². The van der Waals surface area contributed by atoms with Crippen molar-refractivity contribution < 1.29 is 5.11 Å². The first-order chi connectivity index (χ1) is 3.81. The van der Waals surface area contributed by atoms with Crippen LogP contribution in [0.1, 0.15) is 12.8 Å². The molecule has 0 saturated carbocycles. The highest BCUT2D eigenvalue weighted by Crippen LogP contribution is 2.05. The van der Waals surface area contributed by atoms with Gasteiger partial charge >= 0.3 is 0 Å². The fraction of sp³-hybridized carbons (Fsp3) is 1.00. The Morgan fingerprint density at radius 1 is 1.50 bits per heavy atom. The Kier molecular flexibility index (Phi) is 6.06. The Balaban J connectivity index is 2.86. The van der Waals surface area contributed by atoms with E-state index < -0.39 is 0 Å². The number of hydrogen-bond donors (Lipinski definition) is 1. The van der Waals surface area contributed by atoms with Gasteiger partial charge in [-0.3, -0.25) is 0 Å². The van der Waals surface area contributed by atoms with E-state index in [2.05, 4.69) is 0 Å².